The molecule has 0 spiro atoms. The normalized spacial score (nSPS) is 12.2. The Labute approximate surface area is 110 Å². The van der Waals surface area contributed by atoms with Crippen molar-refractivity contribution in [2.75, 3.05) is 13.6 Å². The van der Waals surface area contributed by atoms with Gasteiger partial charge >= 0.3 is 0 Å². The molecule has 6 heteroatoms. The highest BCUT2D eigenvalue weighted by atomic mass is 16.5. The van der Waals surface area contributed by atoms with Gasteiger partial charge in [0.1, 0.15) is 0 Å². The van der Waals surface area contributed by atoms with E-state index in [9.17, 15) is 9.90 Å². The quantitative estimate of drug-likeness (QED) is 0.894. The Morgan fingerprint density at radius 2 is 2.37 bits per heavy atom. The zero-order valence-corrected chi connectivity index (χ0v) is 10.8. The molecule has 0 radical (unpaired) electrons. The largest absolute Gasteiger partial charge is 0.392 e. The minimum absolute atomic E-state index is 0.210. The average Bonchev–Trinajstić information content (AvgIpc) is 2.87. The van der Waals surface area contributed by atoms with Crippen LogP contribution in [0.4, 0.5) is 0 Å². The van der Waals surface area contributed by atoms with Crippen molar-refractivity contribution in [3.05, 3.63) is 36.3 Å². The molecule has 6 nitrogen and oxygen atoms in total. The van der Waals surface area contributed by atoms with Crippen molar-refractivity contribution in [2.24, 2.45) is 0 Å². The first kappa shape index (κ1) is 13.2. The number of likely N-dealkylation sites (N-methyl/N-ethyl adjacent to an activating group) is 1. The van der Waals surface area contributed by atoms with E-state index in [0.717, 1.165) is 5.56 Å². The van der Waals surface area contributed by atoms with Crippen molar-refractivity contribution in [3.8, 4) is 11.3 Å². The number of rotatable bonds is 4. The molecule has 0 bridgehead atoms. The molecule has 0 aliphatic heterocycles. The van der Waals surface area contributed by atoms with Crippen LogP contribution in [0.5, 0.6) is 0 Å². The van der Waals surface area contributed by atoms with Crippen molar-refractivity contribution >= 4 is 5.91 Å². The molecule has 1 amide bonds. The summed E-state index contributed by atoms with van der Waals surface area (Å²) in [6.45, 7) is 1.86. The summed E-state index contributed by atoms with van der Waals surface area (Å²) in [5.41, 5.74) is 0.967. The number of carbonyl (C=O) groups excluding carboxylic acids is 1. The third kappa shape index (κ3) is 3.17. The smallest absolute Gasteiger partial charge is 0.275 e. The van der Waals surface area contributed by atoms with Crippen LogP contribution in [0.25, 0.3) is 11.3 Å². The number of pyridine rings is 1. The number of aliphatic hydroxyl groups excluding tert-OH is 1. The Morgan fingerprint density at radius 1 is 1.58 bits per heavy atom. The number of nitrogens with zero attached hydrogens (tertiary/aromatic N) is 3. The van der Waals surface area contributed by atoms with Gasteiger partial charge in [-0.2, -0.15) is 0 Å². The van der Waals surface area contributed by atoms with Crippen LogP contribution in [-0.4, -0.2) is 45.8 Å². The molecular weight excluding hydrogens is 246 g/mol. The second-order valence-corrected chi connectivity index (χ2v) is 4.35. The number of carbonyl (C=O) groups is 1. The fourth-order valence-corrected chi connectivity index (χ4v) is 1.70. The Morgan fingerprint density at radius 3 is 3.00 bits per heavy atom. The highest BCUT2D eigenvalue weighted by molar-refractivity contribution is 5.92. The van der Waals surface area contributed by atoms with Gasteiger partial charge in [-0.3, -0.25) is 9.78 Å². The van der Waals surface area contributed by atoms with Crippen molar-refractivity contribution in [2.45, 2.75) is 13.0 Å². The summed E-state index contributed by atoms with van der Waals surface area (Å²) in [4.78, 5) is 17.4. The molecule has 0 aliphatic rings. The minimum atomic E-state index is -0.585. The van der Waals surface area contributed by atoms with E-state index in [2.05, 4.69) is 10.1 Å². The van der Waals surface area contributed by atoms with E-state index in [-0.39, 0.29) is 18.1 Å². The second-order valence-electron chi connectivity index (χ2n) is 4.35. The molecule has 0 saturated carbocycles. The molecule has 2 rings (SSSR count). The van der Waals surface area contributed by atoms with E-state index in [4.69, 9.17) is 4.52 Å². The first-order valence-electron chi connectivity index (χ1n) is 5.88. The molecule has 2 aromatic heterocycles. The van der Waals surface area contributed by atoms with Crippen LogP contribution in [0.2, 0.25) is 0 Å². The number of hydrogen-bond donors (Lipinski definition) is 1. The topological polar surface area (TPSA) is 79.5 Å². The molecule has 0 aliphatic carbocycles. The van der Waals surface area contributed by atoms with Crippen molar-refractivity contribution in [1.82, 2.24) is 15.0 Å². The monoisotopic (exact) mass is 261 g/mol. The van der Waals surface area contributed by atoms with Crippen LogP contribution in [-0.2, 0) is 0 Å². The lowest BCUT2D eigenvalue weighted by Gasteiger charge is -2.16. The van der Waals surface area contributed by atoms with Gasteiger partial charge in [0.2, 0.25) is 0 Å². The highest BCUT2D eigenvalue weighted by Crippen LogP contribution is 2.19. The molecule has 0 aromatic carbocycles. The fraction of sp³-hybridized carbons (Fsp3) is 0.308. The van der Waals surface area contributed by atoms with Gasteiger partial charge in [0.25, 0.3) is 5.91 Å². The van der Waals surface area contributed by atoms with Gasteiger partial charge in [-0.1, -0.05) is 5.16 Å². The van der Waals surface area contributed by atoms with Crippen LogP contribution >= 0.6 is 0 Å². The molecule has 19 heavy (non-hydrogen) atoms. The summed E-state index contributed by atoms with van der Waals surface area (Å²) < 4.78 is 5.13. The summed E-state index contributed by atoms with van der Waals surface area (Å²) in [6.07, 6.45) is 2.70. The molecule has 2 aromatic rings. The van der Waals surface area contributed by atoms with Crippen molar-refractivity contribution in [1.29, 1.82) is 0 Å². The van der Waals surface area contributed by atoms with E-state index in [1.165, 1.54) is 4.90 Å². The first-order chi connectivity index (χ1) is 9.08. The van der Waals surface area contributed by atoms with Gasteiger partial charge in [0, 0.05) is 37.6 Å². The predicted octanol–water partition coefficient (Wildman–Crippen LogP) is 1.19. The molecule has 2 heterocycles. The standard InChI is InChI=1S/C13H15N3O3/c1-9(17)8-16(2)13(18)11-6-12(19-15-11)10-4-3-5-14-7-10/h3-7,9,17H,8H2,1-2H3. The van der Waals surface area contributed by atoms with Gasteiger partial charge < -0.3 is 14.5 Å². The Hall–Kier alpha value is -2.21. The SMILES string of the molecule is CC(O)CN(C)C(=O)c1cc(-c2cccnc2)on1. The number of aromatic nitrogens is 2. The summed E-state index contributed by atoms with van der Waals surface area (Å²) in [6, 6.07) is 5.16. The second kappa shape index (κ2) is 5.62. The first-order valence-corrected chi connectivity index (χ1v) is 5.88. The van der Waals surface area contributed by atoms with Crippen molar-refractivity contribution in [3.63, 3.8) is 0 Å². The summed E-state index contributed by atoms with van der Waals surface area (Å²) >= 11 is 0. The van der Waals surface area contributed by atoms with Crippen LogP contribution in [0, 0.1) is 0 Å². The number of hydrogen-bond acceptors (Lipinski definition) is 5. The highest BCUT2D eigenvalue weighted by Gasteiger charge is 2.18. The molecular formula is C13H15N3O3. The maximum atomic E-state index is 12.0. The van der Waals surface area contributed by atoms with E-state index < -0.39 is 6.10 Å². The maximum absolute atomic E-state index is 12.0. The van der Waals surface area contributed by atoms with Crippen LogP contribution in [0.3, 0.4) is 0 Å². The maximum Gasteiger partial charge on any atom is 0.275 e. The van der Waals surface area contributed by atoms with E-state index in [0.29, 0.717) is 5.76 Å². The zero-order chi connectivity index (χ0) is 13.8. The van der Waals surface area contributed by atoms with Crippen LogP contribution in [0.1, 0.15) is 17.4 Å². The molecule has 0 saturated heterocycles. The van der Waals surface area contributed by atoms with Gasteiger partial charge in [-0.05, 0) is 19.1 Å². The van der Waals surface area contributed by atoms with Crippen LogP contribution < -0.4 is 0 Å². The molecule has 100 valence electrons. The van der Waals surface area contributed by atoms with E-state index in [1.807, 2.05) is 6.07 Å². The average molecular weight is 261 g/mol. The molecule has 1 N–H and O–H groups in total. The summed E-state index contributed by atoms with van der Waals surface area (Å²) in [7, 11) is 1.60. The number of amides is 1. The molecule has 1 unspecified atom stereocenters. The molecule has 1 atom stereocenters. The zero-order valence-electron chi connectivity index (χ0n) is 10.8. The Balaban J connectivity index is 2.15. The minimum Gasteiger partial charge on any atom is -0.392 e. The van der Waals surface area contributed by atoms with E-state index >= 15 is 0 Å². The van der Waals surface area contributed by atoms with Crippen molar-refractivity contribution < 1.29 is 14.4 Å². The number of aliphatic hydroxyl groups is 1. The third-order valence-corrected chi connectivity index (χ3v) is 2.56. The summed E-state index contributed by atoms with van der Waals surface area (Å²) in [5.74, 6) is 0.196. The lowest BCUT2D eigenvalue weighted by Crippen LogP contribution is -2.33. The Bertz CT molecular complexity index is 551. The molecule has 0 fully saturated rings. The predicted molar refractivity (Wildman–Crippen MR) is 68.4 cm³/mol. The third-order valence-electron chi connectivity index (χ3n) is 2.56. The Kier molecular flexibility index (Phi) is 3.91. The van der Waals surface area contributed by atoms with Gasteiger partial charge in [-0.25, -0.2) is 0 Å². The van der Waals surface area contributed by atoms with E-state index in [1.54, 1.807) is 38.5 Å². The summed E-state index contributed by atoms with van der Waals surface area (Å²) in [5, 5.41) is 13.0. The van der Waals surface area contributed by atoms with Gasteiger partial charge in [0.05, 0.1) is 6.10 Å². The lowest BCUT2D eigenvalue weighted by molar-refractivity contribution is 0.0694. The van der Waals surface area contributed by atoms with Gasteiger partial charge in [-0.15, -0.1) is 0 Å². The van der Waals surface area contributed by atoms with Crippen LogP contribution in [0.15, 0.2) is 35.1 Å². The fourth-order valence-electron chi connectivity index (χ4n) is 1.70. The lowest BCUT2D eigenvalue weighted by atomic mass is 10.2. The van der Waals surface area contributed by atoms with Gasteiger partial charge in [0.15, 0.2) is 11.5 Å².